The van der Waals surface area contributed by atoms with Gasteiger partial charge in [0.2, 0.25) is 5.91 Å². The summed E-state index contributed by atoms with van der Waals surface area (Å²) in [6.07, 6.45) is 3.23. The molecule has 0 heterocycles. The van der Waals surface area contributed by atoms with E-state index in [0.29, 0.717) is 13.1 Å². The number of unbranched alkanes of at least 4 members (excludes halogenated alkanes) is 1. The van der Waals surface area contributed by atoms with Gasteiger partial charge >= 0.3 is 0 Å². The summed E-state index contributed by atoms with van der Waals surface area (Å²) >= 11 is 0. The third kappa shape index (κ3) is 8.67. The van der Waals surface area contributed by atoms with Crippen LogP contribution in [0.2, 0.25) is 0 Å². The van der Waals surface area contributed by atoms with E-state index in [2.05, 4.69) is 17.6 Å². The molecule has 0 saturated carbocycles. The number of nitrogens with one attached hydrogen (secondary N) is 2. The van der Waals surface area contributed by atoms with Gasteiger partial charge in [0.25, 0.3) is 0 Å². The maximum absolute atomic E-state index is 11.6. The van der Waals surface area contributed by atoms with Gasteiger partial charge in [-0.2, -0.15) is 0 Å². The third-order valence-corrected chi connectivity index (χ3v) is 2.90. The molecule has 0 spiro atoms. The maximum Gasteiger partial charge on any atom is 0.234 e. The van der Waals surface area contributed by atoms with E-state index >= 15 is 0 Å². The minimum absolute atomic E-state index is 0.0285. The highest BCUT2D eigenvalue weighted by Crippen LogP contribution is 1.96. The molecule has 0 fully saturated rings. The Balaban J connectivity index is 1.93. The monoisotopic (exact) mass is 278 g/mol. The van der Waals surface area contributed by atoms with Gasteiger partial charge in [-0.3, -0.25) is 4.79 Å². The van der Waals surface area contributed by atoms with Gasteiger partial charge in [0, 0.05) is 19.8 Å². The molecule has 1 rings (SSSR count). The molecule has 1 aromatic rings. The summed E-state index contributed by atoms with van der Waals surface area (Å²) in [6, 6.07) is 9.91. The first-order chi connectivity index (χ1) is 9.83. The number of amides is 1. The van der Waals surface area contributed by atoms with Gasteiger partial charge in [0.05, 0.1) is 6.54 Å². The first kappa shape index (κ1) is 16.7. The van der Waals surface area contributed by atoms with E-state index < -0.39 is 0 Å². The summed E-state index contributed by atoms with van der Waals surface area (Å²) in [5.41, 5.74) is 1.12. The second kappa shape index (κ2) is 11.4. The second-order valence-electron chi connectivity index (χ2n) is 4.76. The van der Waals surface area contributed by atoms with Crippen LogP contribution in [-0.2, 0) is 16.1 Å². The lowest BCUT2D eigenvalue weighted by Gasteiger charge is -2.07. The highest BCUT2D eigenvalue weighted by atomic mass is 16.5. The van der Waals surface area contributed by atoms with Crippen molar-refractivity contribution in [1.82, 2.24) is 10.6 Å². The van der Waals surface area contributed by atoms with Crippen LogP contribution in [0.25, 0.3) is 0 Å². The molecule has 0 radical (unpaired) electrons. The van der Waals surface area contributed by atoms with Gasteiger partial charge < -0.3 is 15.4 Å². The van der Waals surface area contributed by atoms with Crippen LogP contribution in [0, 0.1) is 0 Å². The van der Waals surface area contributed by atoms with Gasteiger partial charge in [0.1, 0.15) is 0 Å². The summed E-state index contributed by atoms with van der Waals surface area (Å²) in [7, 11) is 0. The Labute approximate surface area is 121 Å². The zero-order chi connectivity index (χ0) is 14.5. The van der Waals surface area contributed by atoms with Crippen LogP contribution in [0.3, 0.4) is 0 Å². The molecule has 0 aliphatic rings. The van der Waals surface area contributed by atoms with Crippen LogP contribution in [0.1, 0.15) is 31.7 Å². The van der Waals surface area contributed by atoms with Crippen molar-refractivity contribution >= 4 is 5.91 Å². The third-order valence-electron chi connectivity index (χ3n) is 2.90. The SMILES string of the molecule is CCCCOCCCNCC(=O)NCc1ccccc1. The first-order valence-corrected chi connectivity index (χ1v) is 7.42. The molecule has 0 bridgehead atoms. The fourth-order valence-electron chi connectivity index (χ4n) is 1.71. The van der Waals surface area contributed by atoms with E-state index in [4.69, 9.17) is 4.74 Å². The van der Waals surface area contributed by atoms with Crippen LogP contribution in [0.5, 0.6) is 0 Å². The Morgan fingerprint density at radius 1 is 1.15 bits per heavy atom. The molecule has 1 amide bonds. The Morgan fingerprint density at radius 3 is 2.65 bits per heavy atom. The summed E-state index contributed by atoms with van der Waals surface area (Å²) in [5, 5.41) is 6.01. The smallest absolute Gasteiger partial charge is 0.234 e. The molecule has 0 aromatic heterocycles. The van der Waals surface area contributed by atoms with Crippen molar-refractivity contribution in [3.05, 3.63) is 35.9 Å². The van der Waals surface area contributed by atoms with E-state index in [1.165, 1.54) is 6.42 Å². The predicted octanol–water partition coefficient (Wildman–Crippen LogP) is 2.10. The first-order valence-electron chi connectivity index (χ1n) is 7.42. The van der Waals surface area contributed by atoms with Crippen molar-refractivity contribution in [2.75, 3.05) is 26.3 Å². The minimum Gasteiger partial charge on any atom is -0.381 e. The second-order valence-corrected chi connectivity index (χ2v) is 4.76. The van der Waals surface area contributed by atoms with Crippen LogP contribution < -0.4 is 10.6 Å². The Hall–Kier alpha value is -1.39. The Kier molecular flexibility index (Phi) is 9.53. The zero-order valence-corrected chi connectivity index (χ0v) is 12.4. The Bertz CT molecular complexity index is 355. The maximum atomic E-state index is 11.6. The van der Waals surface area contributed by atoms with Crippen molar-refractivity contribution < 1.29 is 9.53 Å². The molecule has 1 aromatic carbocycles. The highest BCUT2D eigenvalue weighted by molar-refractivity contribution is 5.77. The van der Waals surface area contributed by atoms with Crippen LogP contribution in [0.15, 0.2) is 30.3 Å². The number of carbonyl (C=O) groups excluding carboxylic acids is 1. The molecule has 112 valence electrons. The average Bonchev–Trinajstić information content (AvgIpc) is 2.49. The molecule has 0 atom stereocenters. The standard InChI is InChI=1S/C16H26N2O2/c1-2-3-11-20-12-7-10-17-14-16(19)18-13-15-8-5-4-6-9-15/h4-6,8-9,17H,2-3,7,10-14H2,1H3,(H,18,19). The zero-order valence-electron chi connectivity index (χ0n) is 12.4. The van der Waals surface area contributed by atoms with Crippen molar-refractivity contribution in [3.8, 4) is 0 Å². The summed E-state index contributed by atoms with van der Waals surface area (Å²) in [5.74, 6) is 0.0285. The summed E-state index contributed by atoms with van der Waals surface area (Å²) < 4.78 is 5.45. The fraction of sp³-hybridized carbons (Fsp3) is 0.562. The molecule has 0 aliphatic carbocycles. The van der Waals surface area contributed by atoms with Gasteiger partial charge in [0.15, 0.2) is 0 Å². The van der Waals surface area contributed by atoms with E-state index in [1.807, 2.05) is 30.3 Å². The van der Waals surface area contributed by atoms with Crippen molar-refractivity contribution in [2.24, 2.45) is 0 Å². The predicted molar refractivity (Wildman–Crippen MR) is 81.5 cm³/mol. The molecule has 0 aliphatic heterocycles. The van der Waals surface area contributed by atoms with E-state index in [0.717, 1.165) is 38.2 Å². The molecule has 20 heavy (non-hydrogen) atoms. The number of hydrogen-bond acceptors (Lipinski definition) is 3. The lowest BCUT2D eigenvalue weighted by Crippen LogP contribution is -2.34. The molecule has 0 saturated heterocycles. The number of ether oxygens (including phenoxy) is 1. The van der Waals surface area contributed by atoms with Crippen LogP contribution in [-0.4, -0.2) is 32.2 Å². The van der Waals surface area contributed by atoms with Crippen LogP contribution >= 0.6 is 0 Å². The Morgan fingerprint density at radius 2 is 1.90 bits per heavy atom. The van der Waals surface area contributed by atoms with Gasteiger partial charge in [-0.05, 0) is 24.9 Å². The molecule has 4 heteroatoms. The number of rotatable bonds is 11. The number of hydrogen-bond donors (Lipinski definition) is 2. The lowest BCUT2D eigenvalue weighted by molar-refractivity contribution is -0.120. The summed E-state index contributed by atoms with van der Waals surface area (Å²) in [4.78, 5) is 11.6. The summed E-state index contributed by atoms with van der Waals surface area (Å²) in [6.45, 7) is 5.51. The fourth-order valence-corrected chi connectivity index (χ4v) is 1.71. The quantitative estimate of drug-likeness (QED) is 0.609. The molecular weight excluding hydrogens is 252 g/mol. The topological polar surface area (TPSA) is 50.4 Å². The van der Waals surface area contributed by atoms with E-state index in [1.54, 1.807) is 0 Å². The molecule has 2 N–H and O–H groups in total. The normalized spacial score (nSPS) is 10.4. The minimum atomic E-state index is 0.0285. The van der Waals surface area contributed by atoms with E-state index in [9.17, 15) is 4.79 Å². The van der Waals surface area contributed by atoms with Crippen molar-refractivity contribution in [2.45, 2.75) is 32.7 Å². The largest absolute Gasteiger partial charge is 0.381 e. The van der Waals surface area contributed by atoms with Crippen LogP contribution in [0.4, 0.5) is 0 Å². The van der Waals surface area contributed by atoms with Crippen molar-refractivity contribution in [3.63, 3.8) is 0 Å². The number of carbonyl (C=O) groups is 1. The molecule has 0 unspecified atom stereocenters. The van der Waals surface area contributed by atoms with E-state index in [-0.39, 0.29) is 5.91 Å². The van der Waals surface area contributed by atoms with Gasteiger partial charge in [-0.1, -0.05) is 43.7 Å². The van der Waals surface area contributed by atoms with Crippen molar-refractivity contribution in [1.29, 1.82) is 0 Å². The van der Waals surface area contributed by atoms with Gasteiger partial charge in [-0.25, -0.2) is 0 Å². The highest BCUT2D eigenvalue weighted by Gasteiger charge is 2.00. The molecular formula is C16H26N2O2. The van der Waals surface area contributed by atoms with Gasteiger partial charge in [-0.15, -0.1) is 0 Å². The lowest BCUT2D eigenvalue weighted by atomic mass is 10.2. The average molecular weight is 278 g/mol. The number of benzene rings is 1. The molecule has 4 nitrogen and oxygen atoms in total.